The van der Waals surface area contributed by atoms with Gasteiger partial charge in [-0.25, -0.2) is 14.7 Å². The number of para-hydroxylation sites is 1. The molecule has 0 N–H and O–H groups in total. The Hall–Kier alpha value is -5.09. The van der Waals surface area contributed by atoms with E-state index in [-0.39, 0.29) is 12.5 Å². The summed E-state index contributed by atoms with van der Waals surface area (Å²) in [6, 6.07) is 24.5. The summed E-state index contributed by atoms with van der Waals surface area (Å²) in [5.41, 5.74) is 6.48. The van der Waals surface area contributed by atoms with Crippen LogP contribution in [-0.2, 0) is 29.0 Å². The normalized spacial score (nSPS) is 17.9. The second-order valence-electron chi connectivity index (χ2n) is 12.7. The molecule has 0 radical (unpaired) electrons. The molecule has 254 valence electrons. The van der Waals surface area contributed by atoms with Crippen molar-refractivity contribution >= 4 is 29.3 Å². The number of oxazole rings is 1. The largest absolute Gasteiger partial charge is 0.493 e. The lowest BCUT2D eigenvalue weighted by Gasteiger charge is -2.36. The van der Waals surface area contributed by atoms with E-state index in [1.54, 1.807) is 13.4 Å². The fourth-order valence-corrected chi connectivity index (χ4v) is 6.76. The van der Waals surface area contributed by atoms with Crippen LogP contribution in [0.15, 0.2) is 83.5 Å². The minimum absolute atomic E-state index is 0.212. The first kappa shape index (κ1) is 32.5. The third kappa shape index (κ3) is 7.65. The van der Waals surface area contributed by atoms with Gasteiger partial charge >= 0.3 is 6.09 Å². The molecule has 1 unspecified atom stereocenters. The van der Waals surface area contributed by atoms with Gasteiger partial charge in [0.25, 0.3) is 5.91 Å². The first-order chi connectivity index (χ1) is 24.0. The number of piperazine rings is 1. The highest BCUT2D eigenvalue weighted by Crippen LogP contribution is 2.32. The number of methoxy groups -OCH3 is 1. The van der Waals surface area contributed by atoms with Crippen LogP contribution in [0.2, 0.25) is 0 Å². The second-order valence-corrected chi connectivity index (χ2v) is 12.7. The monoisotopic (exact) mass is 662 g/mol. The van der Waals surface area contributed by atoms with Crippen molar-refractivity contribution in [2.45, 2.75) is 44.8 Å². The molecular weight excluding hydrogens is 620 g/mol. The summed E-state index contributed by atoms with van der Waals surface area (Å²) in [6.45, 7) is 5.24. The first-order valence-corrected chi connectivity index (χ1v) is 17.1. The number of fused-ring (bicyclic) bond motifs is 1. The molecule has 2 saturated heterocycles. The Morgan fingerprint density at radius 1 is 0.898 bits per heavy atom. The molecule has 49 heavy (non-hydrogen) atoms. The molecule has 3 aromatic carbocycles. The zero-order valence-corrected chi connectivity index (χ0v) is 27.9. The highest BCUT2D eigenvalue weighted by molar-refractivity contribution is 6.00. The number of benzene rings is 3. The minimum Gasteiger partial charge on any atom is -0.493 e. The molecule has 2 aliphatic heterocycles. The van der Waals surface area contributed by atoms with Crippen molar-refractivity contribution in [1.82, 2.24) is 14.8 Å². The van der Waals surface area contributed by atoms with Crippen LogP contribution in [0.1, 0.15) is 47.5 Å². The number of rotatable bonds is 13. The van der Waals surface area contributed by atoms with Crippen molar-refractivity contribution in [2.24, 2.45) is 0 Å². The van der Waals surface area contributed by atoms with Gasteiger partial charge in [-0.15, -0.1) is 0 Å². The van der Waals surface area contributed by atoms with Crippen LogP contribution < -0.4 is 14.4 Å². The van der Waals surface area contributed by atoms with Crippen molar-refractivity contribution in [1.29, 1.82) is 0 Å². The zero-order valence-electron chi connectivity index (χ0n) is 27.9. The topological polar surface area (TPSA) is 97.6 Å². The van der Waals surface area contributed by atoms with E-state index in [0.717, 1.165) is 63.1 Å². The predicted octanol–water partition coefficient (Wildman–Crippen LogP) is 6.24. The number of nitrogens with zero attached hydrogens (tertiary/aromatic N) is 4. The molecule has 1 atom stereocenters. The van der Waals surface area contributed by atoms with Crippen LogP contribution in [0.25, 0.3) is 11.6 Å². The Balaban J connectivity index is 0.879. The lowest BCUT2D eigenvalue weighted by atomic mass is 9.92. The number of hydrogen-bond acceptors (Lipinski definition) is 9. The lowest BCUT2D eigenvalue weighted by molar-refractivity contribution is -0.129. The standard InChI is InChI=1S/C39H42N4O6/c1-46-34-16-12-28(24-36(34)47-26-32-27-48-37(40-32)31-15-14-29-8-5-6-9-30(29)25-31)13-17-35-38(44)43(39(45)49-35)19-7-18-41-20-22-42(23-21-41)33-10-3-2-4-11-33/h2-6,8-12,16,24-25,27,35H,7,13-15,17-23,26H2,1H3. The van der Waals surface area contributed by atoms with Gasteiger partial charge in [0.15, 0.2) is 17.6 Å². The molecular formula is C39H42N4O6. The average molecular weight is 663 g/mol. The van der Waals surface area contributed by atoms with Gasteiger partial charge in [0, 0.05) is 44.0 Å². The SMILES string of the molecule is COc1ccc(CCC2OC(=O)N(CCCN3CCN(c4ccccc4)CC3)C2=O)cc1OCc1coc(C2=Cc3ccccc3CC2)n1. The zero-order chi connectivity index (χ0) is 33.6. The van der Waals surface area contributed by atoms with Crippen molar-refractivity contribution in [3.05, 3.63) is 107 Å². The molecule has 1 aliphatic carbocycles. The van der Waals surface area contributed by atoms with Crippen molar-refractivity contribution in [2.75, 3.05) is 51.3 Å². The van der Waals surface area contributed by atoms with E-state index in [1.165, 1.54) is 21.7 Å². The Morgan fingerprint density at radius 2 is 1.71 bits per heavy atom. The summed E-state index contributed by atoms with van der Waals surface area (Å²) in [5, 5.41) is 0. The molecule has 0 spiro atoms. The van der Waals surface area contributed by atoms with Gasteiger partial charge in [0.1, 0.15) is 18.6 Å². The van der Waals surface area contributed by atoms with Gasteiger partial charge in [-0.2, -0.15) is 0 Å². The number of aromatic nitrogens is 1. The minimum atomic E-state index is -0.789. The fourth-order valence-electron chi connectivity index (χ4n) is 6.76. The number of cyclic esters (lactones) is 1. The third-order valence-corrected chi connectivity index (χ3v) is 9.53. The Kier molecular flexibility index (Phi) is 9.93. The van der Waals surface area contributed by atoms with Gasteiger partial charge in [0.2, 0.25) is 5.89 Å². The van der Waals surface area contributed by atoms with Crippen LogP contribution in [-0.4, -0.2) is 79.3 Å². The number of allylic oxidation sites excluding steroid dienone is 1. The molecule has 1 aromatic heterocycles. The van der Waals surface area contributed by atoms with E-state index in [0.29, 0.717) is 42.5 Å². The second kappa shape index (κ2) is 15.0. The van der Waals surface area contributed by atoms with E-state index >= 15 is 0 Å². The molecule has 2 fully saturated rings. The molecule has 10 nitrogen and oxygen atoms in total. The fraction of sp³-hybridized carbons (Fsp3) is 0.359. The van der Waals surface area contributed by atoms with E-state index < -0.39 is 12.2 Å². The molecule has 3 aliphatic rings. The van der Waals surface area contributed by atoms with Crippen LogP contribution in [0.5, 0.6) is 11.5 Å². The summed E-state index contributed by atoms with van der Waals surface area (Å²) >= 11 is 0. The van der Waals surface area contributed by atoms with E-state index in [4.69, 9.17) is 18.6 Å². The molecule has 0 bridgehead atoms. The lowest BCUT2D eigenvalue weighted by Crippen LogP contribution is -2.47. The number of amides is 2. The van der Waals surface area contributed by atoms with Gasteiger partial charge in [-0.1, -0.05) is 48.5 Å². The number of carbonyl (C=O) groups is 2. The number of aryl methyl sites for hydroxylation is 2. The third-order valence-electron chi connectivity index (χ3n) is 9.53. The Bertz CT molecular complexity index is 1800. The van der Waals surface area contributed by atoms with Crippen molar-refractivity contribution < 1.29 is 28.2 Å². The number of ether oxygens (including phenoxy) is 3. The quantitative estimate of drug-likeness (QED) is 0.165. The van der Waals surface area contributed by atoms with Crippen LogP contribution in [0, 0.1) is 0 Å². The molecule has 7 rings (SSSR count). The van der Waals surface area contributed by atoms with Crippen molar-refractivity contribution in [3.8, 4) is 11.5 Å². The van der Waals surface area contributed by atoms with Crippen LogP contribution in [0.4, 0.5) is 10.5 Å². The van der Waals surface area contributed by atoms with Crippen LogP contribution in [0.3, 0.4) is 0 Å². The Morgan fingerprint density at radius 3 is 2.55 bits per heavy atom. The van der Waals surface area contributed by atoms with Gasteiger partial charge < -0.3 is 23.5 Å². The maximum absolute atomic E-state index is 13.1. The van der Waals surface area contributed by atoms with E-state index in [9.17, 15) is 9.59 Å². The van der Waals surface area contributed by atoms with E-state index in [2.05, 4.69) is 63.3 Å². The molecule has 4 aromatic rings. The number of anilines is 1. The maximum Gasteiger partial charge on any atom is 0.417 e. The van der Waals surface area contributed by atoms with Gasteiger partial charge in [0.05, 0.1) is 7.11 Å². The molecule has 10 heteroatoms. The molecule has 0 saturated carbocycles. The van der Waals surface area contributed by atoms with Gasteiger partial charge in [-0.3, -0.25) is 9.69 Å². The van der Waals surface area contributed by atoms with E-state index in [1.807, 2.05) is 30.3 Å². The highest BCUT2D eigenvalue weighted by atomic mass is 16.6. The summed E-state index contributed by atoms with van der Waals surface area (Å²) < 4.78 is 23.0. The summed E-state index contributed by atoms with van der Waals surface area (Å²) in [4.78, 5) is 36.5. The highest BCUT2D eigenvalue weighted by Gasteiger charge is 2.39. The number of carbonyl (C=O) groups excluding carboxylic acids is 2. The first-order valence-electron chi connectivity index (χ1n) is 17.1. The summed E-state index contributed by atoms with van der Waals surface area (Å²) in [5.74, 6) is 1.51. The number of hydrogen-bond donors (Lipinski definition) is 0. The smallest absolute Gasteiger partial charge is 0.417 e. The van der Waals surface area contributed by atoms with Crippen molar-refractivity contribution in [3.63, 3.8) is 0 Å². The summed E-state index contributed by atoms with van der Waals surface area (Å²) in [6.07, 6.45) is 5.90. The maximum atomic E-state index is 13.1. The molecule has 3 heterocycles. The Labute approximate surface area is 286 Å². The number of imide groups is 1. The van der Waals surface area contributed by atoms with Crippen LogP contribution >= 0.6 is 0 Å². The van der Waals surface area contributed by atoms with Gasteiger partial charge in [-0.05, 0) is 85.7 Å². The summed E-state index contributed by atoms with van der Waals surface area (Å²) in [7, 11) is 1.60. The average Bonchev–Trinajstić information content (AvgIpc) is 3.73. The predicted molar refractivity (Wildman–Crippen MR) is 186 cm³/mol. The molecule has 2 amide bonds.